The Morgan fingerprint density at radius 3 is 2.74 bits per heavy atom. The molecule has 0 bridgehead atoms. The van der Waals surface area contributed by atoms with Crippen LogP contribution in [0.1, 0.15) is 37.8 Å². The summed E-state index contributed by atoms with van der Waals surface area (Å²) in [6.45, 7) is 10.3. The average molecular weight is 306 g/mol. The number of nitrogens with zero attached hydrogens (tertiary/aromatic N) is 2. The molecular weight excluding hydrogens is 280 g/mol. The molecule has 2 aromatic rings. The van der Waals surface area contributed by atoms with Crippen LogP contribution >= 0.6 is 0 Å². The van der Waals surface area contributed by atoms with Crippen molar-refractivity contribution in [3.63, 3.8) is 0 Å². The number of allylic oxidation sites excluding steroid dienone is 3. The van der Waals surface area contributed by atoms with Crippen LogP contribution in [0.4, 0.5) is 0 Å². The molecule has 2 rings (SSSR count). The van der Waals surface area contributed by atoms with E-state index < -0.39 is 0 Å². The van der Waals surface area contributed by atoms with Gasteiger partial charge < -0.3 is 0 Å². The van der Waals surface area contributed by atoms with Crippen molar-refractivity contribution in [3.8, 4) is 0 Å². The van der Waals surface area contributed by atoms with Gasteiger partial charge in [-0.2, -0.15) is 0 Å². The van der Waals surface area contributed by atoms with Crippen LogP contribution < -0.4 is 0 Å². The molecule has 0 aliphatic heterocycles. The third-order valence-electron chi connectivity index (χ3n) is 4.33. The maximum Gasteiger partial charge on any atom is 0.0707 e. The Labute approximate surface area is 139 Å². The van der Waals surface area contributed by atoms with Gasteiger partial charge in [0, 0.05) is 24.3 Å². The van der Waals surface area contributed by atoms with Crippen molar-refractivity contribution in [2.45, 2.75) is 40.0 Å². The van der Waals surface area contributed by atoms with Gasteiger partial charge in [0.05, 0.1) is 5.52 Å². The van der Waals surface area contributed by atoms with Gasteiger partial charge >= 0.3 is 0 Å². The quantitative estimate of drug-likeness (QED) is 0.514. The molecular formula is C21H26N2. The summed E-state index contributed by atoms with van der Waals surface area (Å²) in [5.41, 5.74) is 7.50. The van der Waals surface area contributed by atoms with Crippen molar-refractivity contribution in [3.05, 3.63) is 65.4 Å². The summed E-state index contributed by atoms with van der Waals surface area (Å²) < 4.78 is 0. The maximum absolute atomic E-state index is 4.50. The third-order valence-corrected chi connectivity index (χ3v) is 4.33. The minimum atomic E-state index is 0.932. The number of aliphatic imine (C=N–C) groups is 1. The molecule has 0 spiro atoms. The lowest BCUT2D eigenvalue weighted by atomic mass is 9.94. The van der Waals surface area contributed by atoms with E-state index in [1.807, 2.05) is 19.3 Å². The molecule has 0 aliphatic carbocycles. The largest absolute Gasteiger partial charge is 0.293 e. The second kappa shape index (κ2) is 7.87. The normalized spacial score (nSPS) is 13.1. The predicted octanol–water partition coefficient (Wildman–Crippen LogP) is 5.46. The second-order valence-electron chi connectivity index (χ2n) is 6.06. The number of hydrogen-bond donors (Lipinski definition) is 0. The molecule has 1 aromatic carbocycles. The van der Waals surface area contributed by atoms with Crippen molar-refractivity contribution in [1.82, 2.24) is 4.98 Å². The fraction of sp³-hybridized carbons (Fsp3) is 0.333. The first-order chi connectivity index (χ1) is 11.1. The zero-order valence-corrected chi connectivity index (χ0v) is 14.7. The molecule has 2 nitrogen and oxygen atoms in total. The van der Waals surface area contributed by atoms with Gasteiger partial charge in [-0.15, -0.1) is 6.58 Å². The van der Waals surface area contributed by atoms with Crippen molar-refractivity contribution in [2.24, 2.45) is 4.99 Å². The van der Waals surface area contributed by atoms with E-state index in [1.54, 1.807) is 0 Å². The van der Waals surface area contributed by atoms with Gasteiger partial charge in [0.1, 0.15) is 0 Å². The van der Waals surface area contributed by atoms with Crippen molar-refractivity contribution in [2.75, 3.05) is 7.05 Å². The smallest absolute Gasteiger partial charge is 0.0707 e. The first kappa shape index (κ1) is 17.1. The van der Waals surface area contributed by atoms with E-state index in [1.165, 1.54) is 27.7 Å². The lowest BCUT2D eigenvalue weighted by molar-refractivity contribution is 0.976. The molecule has 0 saturated heterocycles. The lowest BCUT2D eigenvalue weighted by Gasteiger charge is -2.13. The topological polar surface area (TPSA) is 25.2 Å². The highest BCUT2D eigenvalue weighted by Gasteiger charge is 2.09. The number of benzene rings is 1. The first-order valence-corrected chi connectivity index (χ1v) is 8.14. The predicted molar refractivity (Wildman–Crippen MR) is 101 cm³/mol. The van der Waals surface area contributed by atoms with Gasteiger partial charge in [-0.05, 0) is 68.9 Å². The van der Waals surface area contributed by atoms with E-state index in [2.05, 4.69) is 61.6 Å². The Bertz CT molecular complexity index is 767. The lowest BCUT2D eigenvalue weighted by Crippen LogP contribution is -2.03. The number of hydrogen-bond acceptors (Lipinski definition) is 2. The van der Waals surface area contributed by atoms with Crippen LogP contribution in [0.15, 0.2) is 59.3 Å². The highest BCUT2D eigenvalue weighted by molar-refractivity contribution is 5.99. The number of pyridine rings is 1. The minimum absolute atomic E-state index is 0.932. The van der Waals surface area contributed by atoms with E-state index in [4.69, 9.17) is 0 Å². The van der Waals surface area contributed by atoms with Crippen LogP contribution in [-0.2, 0) is 6.42 Å². The first-order valence-electron chi connectivity index (χ1n) is 8.14. The molecule has 0 N–H and O–H groups in total. The van der Waals surface area contributed by atoms with E-state index in [0.717, 1.165) is 30.5 Å². The monoisotopic (exact) mass is 306 g/mol. The van der Waals surface area contributed by atoms with Crippen molar-refractivity contribution < 1.29 is 0 Å². The number of fused-ring (bicyclic) bond motifs is 1. The summed E-state index contributed by atoms with van der Waals surface area (Å²) in [5, 5.41) is 1.24. The molecule has 1 aromatic heterocycles. The molecule has 0 saturated carbocycles. The van der Waals surface area contributed by atoms with E-state index in [-0.39, 0.29) is 0 Å². The SMILES string of the molecule is C=CCC/C(C(C)=NC)=C(\C)Cc1ccnc2cc(C)ccc12. The van der Waals surface area contributed by atoms with Gasteiger partial charge in [0.15, 0.2) is 0 Å². The molecule has 120 valence electrons. The maximum atomic E-state index is 4.50. The highest BCUT2D eigenvalue weighted by Crippen LogP contribution is 2.23. The summed E-state index contributed by atoms with van der Waals surface area (Å²) in [5.74, 6) is 0. The van der Waals surface area contributed by atoms with Crippen LogP contribution in [0.5, 0.6) is 0 Å². The average Bonchev–Trinajstić information content (AvgIpc) is 2.54. The summed E-state index contributed by atoms with van der Waals surface area (Å²) in [4.78, 5) is 8.89. The van der Waals surface area contributed by atoms with Gasteiger partial charge in [-0.3, -0.25) is 9.98 Å². The van der Waals surface area contributed by atoms with E-state index in [0.29, 0.717) is 0 Å². The van der Waals surface area contributed by atoms with Crippen LogP contribution in [0.25, 0.3) is 10.9 Å². The van der Waals surface area contributed by atoms with Crippen molar-refractivity contribution >= 4 is 16.6 Å². The van der Waals surface area contributed by atoms with Gasteiger partial charge in [-0.25, -0.2) is 0 Å². The molecule has 0 fully saturated rings. The standard InChI is InChI=1S/C21H26N2/c1-6-7-8-19(17(4)22-5)16(3)14-18-11-12-23-21-13-15(2)9-10-20(18)21/h6,9-13H,1,7-8,14H2,2-5H3/b19-16-,22-17?. The Morgan fingerprint density at radius 1 is 1.26 bits per heavy atom. The van der Waals surface area contributed by atoms with Crippen LogP contribution in [0.2, 0.25) is 0 Å². The molecule has 0 amide bonds. The zero-order chi connectivity index (χ0) is 16.8. The summed E-state index contributed by atoms with van der Waals surface area (Å²) in [6.07, 6.45) is 6.80. The molecule has 2 heteroatoms. The number of aryl methyl sites for hydroxylation is 1. The molecule has 0 unspecified atom stereocenters. The third kappa shape index (κ3) is 4.16. The van der Waals surface area contributed by atoms with Crippen molar-refractivity contribution in [1.29, 1.82) is 0 Å². The fourth-order valence-corrected chi connectivity index (χ4v) is 2.95. The second-order valence-corrected chi connectivity index (χ2v) is 6.06. The number of rotatable bonds is 6. The molecule has 23 heavy (non-hydrogen) atoms. The molecule has 0 atom stereocenters. The fourth-order valence-electron chi connectivity index (χ4n) is 2.95. The Hall–Kier alpha value is -2.22. The summed E-state index contributed by atoms with van der Waals surface area (Å²) in [6, 6.07) is 8.62. The molecule has 0 aliphatic rings. The minimum Gasteiger partial charge on any atom is -0.293 e. The summed E-state index contributed by atoms with van der Waals surface area (Å²) >= 11 is 0. The Morgan fingerprint density at radius 2 is 2.04 bits per heavy atom. The van der Waals surface area contributed by atoms with Gasteiger partial charge in [-0.1, -0.05) is 23.8 Å². The van der Waals surface area contributed by atoms with Crippen LogP contribution in [0.3, 0.4) is 0 Å². The Balaban J connectivity index is 2.42. The van der Waals surface area contributed by atoms with Gasteiger partial charge in [0.25, 0.3) is 0 Å². The molecule has 0 radical (unpaired) electrons. The summed E-state index contributed by atoms with van der Waals surface area (Å²) in [7, 11) is 1.86. The zero-order valence-electron chi connectivity index (χ0n) is 14.7. The van der Waals surface area contributed by atoms with Gasteiger partial charge in [0.2, 0.25) is 0 Å². The van der Waals surface area contributed by atoms with Crippen LogP contribution in [0, 0.1) is 6.92 Å². The van der Waals surface area contributed by atoms with Crippen LogP contribution in [-0.4, -0.2) is 17.7 Å². The van der Waals surface area contributed by atoms with E-state index >= 15 is 0 Å². The highest BCUT2D eigenvalue weighted by atomic mass is 14.7. The number of aromatic nitrogens is 1. The Kier molecular flexibility index (Phi) is 5.86. The molecule has 1 heterocycles. The van der Waals surface area contributed by atoms with E-state index in [9.17, 15) is 0 Å².